The first-order valence-corrected chi connectivity index (χ1v) is 13.9. The van der Waals surface area contributed by atoms with E-state index in [1.165, 1.54) is 32.6 Å². The molecule has 1 amide bonds. The van der Waals surface area contributed by atoms with Crippen LogP contribution in [0, 0.1) is 0 Å². The van der Waals surface area contributed by atoms with E-state index < -0.39 is 10.0 Å². The van der Waals surface area contributed by atoms with Crippen molar-refractivity contribution in [1.82, 2.24) is 10.2 Å². The maximum Gasteiger partial charge on any atom is 0.261 e. The topological polar surface area (TPSA) is 95.5 Å². The maximum absolute atomic E-state index is 13.0. The zero-order chi connectivity index (χ0) is 25.3. The van der Waals surface area contributed by atoms with Crippen molar-refractivity contribution in [2.75, 3.05) is 27.6 Å². The van der Waals surface area contributed by atoms with Crippen LogP contribution in [0.3, 0.4) is 0 Å². The lowest BCUT2D eigenvalue weighted by atomic mass is 10.1. The van der Waals surface area contributed by atoms with Crippen molar-refractivity contribution in [3.8, 4) is 11.3 Å². The highest BCUT2D eigenvalue weighted by molar-refractivity contribution is 7.92. The Labute approximate surface area is 212 Å². The minimum absolute atomic E-state index is 0.0116. The van der Waals surface area contributed by atoms with Gasteiger partial charge in [0.1, 0.15) is 0 Å². The van der Waals surface area contributed by atoms with Gasteiger partial charge in [0.05, 0.1) is 10.6 Å². The number of nitrogens with zero attached hydrogens (tertiary/aromatic N) is 4. The van der Waals surface area contributed by atoms with Gasteiger partial charge in [-0.2, -0.15) is 0 Å². The van der Waals surface area contributed by atoms with E-state index in [-0.39, 0.29) is 16.8 Å². The zero-order valence-electron chi connectivity index (χ0n) is 20.6. The van der Waals surface area contributed by atoms with Crippen LogP contribution in [0.1, 0.15) is 45.1 Å². The van der Waals surface area contributed by atoms with E-state index in [1.807, 2.05) is 31.2 Å². The number of amides is 1. The van der Waals surface area contributed by atoms with E-state index in [9.17, 15) is 13.2 Å². The summed E-state index contributed by atoms with van der Waals surface area (Å²) in [5.41, 5.74) is 3.71. The molecule has 188 valence electrons. The summed E-state index contributed by atoms with van der Waals surface area (Å²) in [5.74, 6) is 0.858. The normalized spacial score (nSPS) is 18.0. The molecule has 8 nitrogen and oxygen atoms in total. The van der Waals surface area contributed by atoms with Crippen LogP contribution < -0.4 is 14.5 Å². The molecule has 1 N–H and O–H groups in total. The predicted molar refractivity (Wildman–Crippen MR) is 142 cm³/mol. The minimum atomic E-state index is -3.78. The molecule has 1 fully saturated rings. The predicted octanol–water partition coefficient (Wildman–Crippen LogP) is 4.62. The average Bonchev–Trinajstić information content (AvgIpc) is 3.01. The first kappa shape index (κ1) is 24.2. The molecule has 1 saturated heterocycles. The van der Waals surface area contributed by atoms with Gasteiger partial charge in [-0.1, -0.05) is 25.0 Å². The van der Waals surface area contributed by atoms with Crippen molar-refractivity contribution in [2.45, 2.75) is 56.9 Å². The van der Waals surface area contributed by atoms with Gasteiger partial charge in [-0.25, -0.2) is 8.42 Å². The smallest absolute Gasteiger partial charge is 0.261 e. The molecule has 0 bridgehead atoms. The molecule has 3 aromatic rings. The van der Waals surface area contributed by atoms with Gasteiger partial charge < -0.3 is 9.80 Å². The number of hydrogen-bond acceptors (Lipinski definition) is 6. The molecule has 2 aromatic carbocycles. The standard InChI is InChI=1S/C27H31N5O3S/c1-19-17-22-18-24(11-13-26(22)32(19)20(2)33)36(34,35)30-23-9-7-21(8-10-23)25-12-14-27(29-28-25)31-15-5-3-4-6-16-31/h7-14,18-19,30H,3-6,15-17H2,1-2H3. The molecule has 0 saturated carbocycles. The lowest BCUT2D eigenvalue weighted by Crippen LogP contribution is -2.33. The van der Waals surface area contributed by atoms with Gasteiger partial charge in [-0.3, -0.25) is 9.52 Å². The average molecular weight is 506 g/mol. The zero-order valence-corrected chi connectivity index (χ0v) is 21.5. The Balaban J connectivity index is 1.29. The highest BCUT2D eigenvalue weighted by Gasteiger charge is 2.30. The number of nitrogens with one attached hydrogen (secondary N) is 1. The molecule has 2 aliphatic heterocycles. The Kier molecular flexibility index (Phi) is 6.66. The van der Waals surface area contributed by atoms with Gasteiger partial charge in [0.2, 0.25) is 5.91 Å². The fourth-order valence-electron chi connectivity index (χ4n) is 5.13. The quantitative estimate of drug-likeness (QED) is 0.544. The second-order valence-corrected chi connectivity index (χ2v) is 11.3. The lowest BCUT2D eigenvalue weighted by Gasteiger charge is -2.20. The van der Waals surface area contributed by atoms with Crippen LogP contribution in [0.15, 0.2) is 59.5 Å². The van der Waals surface area contributed by atoms with Crippen LogP contribution in [0.4, 0.5) is 17.2 Å². The minimum Gasteiger partial charge on any atom is -0.355 e. The van der Waals surface area contributed by atoms with E-state index in [1.54, 1.807) is 35.2 Å². The maximum atomic E-state index is 13.0. The molecule has 0 aliphatic carbocycles. The number of hydrogen-bond donors (Lipinski definition) is 1. The fraction of sp³-hybridized carbons (Fsp3) is 0.370. The molecule has 0 radical (unpaired) electrons. The van der Waals surface area contributed by atoms with Gasteiger partial charge in [0.25, 0.3) is 10.0 Å². The number of benzene rings is 2. The summed E-state index contributed by atoms with van der Waals surface area (Å²) in [4.78, 5) is 16.1. The van der Waals surface area contributed by atoms with E-state index >= 15 is 0 Å². The van der Waals surface area contributed by atoms with Gasteiger partial charge in [0, 0.05) is 43.0 Å². The SMILES string of the molecule is CC(=O)N1c2ccc(S(=O)(=O)Nc3ccc(-c4ccc(N5CCCCCC5)nn4)cc3)cc2CC1C. The Morgan fingerprint density at radius 3 is 2.31 bits per heavy atom. The van der Waals surface area contributed by atoms with Crippen molar-refractivity contribution < 1.29 is 13.2 Å². The third-order valence-electron chi connectivity index (χ3n) is 6.93. The van der Waals surface area contributed by atoms with Gasteiger partial charge >= 0.3 is 0 Å². The van der Waals surface area contributed by atoms with Crippen LogP contribution in [-0.4, -0.2) is 43.7 Å². The summed E-state index contributed by atoms with van der Waals surface area (Å²) < 4.78 is 28.8. The van der Waals surface area contributed by atoms with Crippen molar-refractivity contribution in [3.63, 3.8) is 0 Å². The lowest BCUT2D eigenvalue weighted by molar-refractivity contribution is -0.116. The largest absolute Gasteiger partial charge is 0.355 e. The van der Waals surface area contributed by atoms with Crippen molar-refractivity contribution in [1.29, 1.82) is 0 Å². The Morgan fingerprint density at radius 1 is 0.944 bits per heavy atom. The molecule has 1 aromatic heterocycles. The van der Waals surface area contributed by atoms with Crippen LogP contribution >= 0.6 is 0 Å². The van der Waals surface area contributed by atoms with Crippen LogP contribution in [0.2, 0.25) is 0 Å². The van der Waals surface area contributed by atoms with Crippen molar-refractivity contribution >= 4 is 33.1 Å². The third kappa shape index (κ3) is 4.93. The molecule has 9 heteroatoms. The highest BCUT2D eigenvalue weighted by atomic mass is 32.2. The van der Waals surface area contributed by atoms with E-state index in [4.69, 9.17) is 0 Å². The van der Waals surface area contributed by atoms with Crippen LogP contribution in [0.25, 0.3) is 11.3 Å². The van der Waals surface area contributed by atoms with Gasteiger partial charge in [-0.15, -0.1) is 10.2 Å². The highest BCUT2D eigenvalue weighted by Crippen LogP contribution is 2.34. The summed E-state index contributed by atoms with van der Waals surface area (Å²) in [6, 6.07) is 16.0. The van der Waals surface area contributed by atoms with Crippen LogP contribution in [-0.2, 0) is 21.2 Å². The summed E-state index contributed by atoms with van der Waals surface area (Å²) in [7, 11) is -3.78. The molecule has 36 heavy (non-hydrogen) atoms. The molecule has 2 aliphatic rings. The van der Waals surface area contributed by atoms with E-state index in [0.717, 1.165) is 41.4 Å². The van der Waals surface area contributed by atoms with E-state index in [2.05, 4.69) is 19.8 Å². The molecule has 3 heterocycles. The second kappa shape index (κ2) is 9.89. The first-order chi connectivity index (χ1) is 17.3. The summed E-state index contributed by atoms with van der Waals surface area (Å²) in [5, 5.41) is 8.84. The molecule has 1 unspecified atom stereocenters. The second-order valence-electron chi connectivity index (χ2n) is 9.59. The number of carbonyl (C=O) groups excluding carboxylic acids is 1. The number of anilines is 3. The van der Waals surface area contributed by atoms with Gasteiger partial charge in [-0.05, 0) is 74.2 Å². The molecule has 1 atom stereocenters. The summed E-state index contributed by atoms with van der Waals surface area (Å²) in [6.07, 6.45) is 5.53. The van der Waals surface area contributed by atoms with Crippen molar-refractivity contribution in [3.05, 3.63) is 60.2 Å². The molecular formula is C27H31N5O3S. The summed E-state index contributed by atoms with van der Waals surface area (Å²) in [6.45, 7) is 5.52. The number of fused-ring (bicyclic) bond motifs is 1. The first-order valence-electron chi connectivity index (χ1n) is 12.5. The Morgan fingerprint density at radius 2 is 1.67 bits per heavy atom. The number of aromatic nitrogens is 2. The van der Waals surface area contributed by atoms with E-state index in [0.29, 0.717) is 12.1 Å². The Bertz CT molecular complexity index is 1350. The monoisotopic (exact) mass is 505 g/mol. The molecular weight excluding hydrogens is 474 g/mol. The molecule has 0 spiro atoms. The molecule has 5 rings (SSSR count). The fourth-order valence-corrected chi connectivity index (χ4v) is 6.23. The van der Waals surface area contributed by atoms with Crippen LogP contribution in [0.5, 0.6) is 0 Å². The van der Waals surface area contributed by atoms with Gasteiger partial charge in [0.15, 0.2) is 5.82 Å². The number of rotatable bonds is 5. The third-order valence-corrected chi connectivity index (χ3v) is 8.31. The number of sulfonamides is 1. The summed E-state index contributed by atoms with van der Waals surface area (Å²) >= 11 is 0. The van der Waals surface area contributed by atoms with Crippen molar-refractivity contribution in [2.24, 2.45) is 0 Å². The Hall–Kier alpha value is -3.46. The number of carbonyl (C=O) groups is 1.